The smallest absolute Gasteiger partial charge is 0.542 e. The predicted octanol–water partition coefficient (Wildman–Crippen LogP) is -5.95. The van der Waals surface area contributed by atoms with Crippen LogP contribution in [0.25, 0.3) is 0 Å². The molecule has 0 aromatic heterocycles. The van der Waals surface area contributed by atoms with Crippen molar-refractivity contribution in [2.45, 2.75) is 37.3 Å². The molecule has 5 atom stereocenters. The molecule has 1 heterocycles. The quantitative estimate of drug-likeness (QED) is 0.243. The topological polar surface area (TPSA) is 177 Å². The van der Waals surface area contributed by atoms with Crippen LogP contribution in [0.15, 0.2) is 36.1 Å². The third-order valence-electron chi connectivity index (χ3n) is 4.47. The minimum atomic E-state index is -1.78. The minimum Gasteiger partial charge on any atom is -0.542 e. The molecule has 0 unspecified atom stereocenters. The van der Waals surface area contributed by atoms with Gasteiger partial charge < -0.3 is 45.3 Å². The van der Waals surface area contributed by atoms with Crippen LogP contribution in [-0.2, 0) is 14.3 Å². The van der Waals surface area contributed by atoms with Gasteiger partial charge in [-0.15, -0.1) is 0 Å². The monoisotopic (exact) mass is 446 g/mol. The second-order valence-electron chi connectivity index (χ2n) is 6.60. The van der Waals surface area contributed by atoms with E-state index in [-0.39, 0.29) is 35.1 Å². The fraction of sp³-hybridized carbons (Fsp3) is 0.421. The van der Waals surface area contributed by atoms with Gasteiger partial charge in [0.2, 0.25) is 5.91 Å². The molecule has 0 radical (unpaired) electrons. The van der Waals surface area contributed by atoms with E-state index in [1.165, 1.54) is 26.2 Å². The molecule has 0 saturated heterocycles. The molecule has 5 N–H and O–H groups in total. The molecule has 2 rings (SSSR count). The molecule has 31 heavy (non-hydrogen) atoms. The van der Waals surface area contributed by atoms with E-state index >= 15 is 0 Å². The van der Waals surface area contributed by atoms with Gasteiger partial charge in [-0.1, -0.05) is 0 Å². The van der Waals surface area contributed by atoms with Crippen LogP contribution < -0.4 is 50.0 Å². The fourth-order valence-corrected chi connectivity index (χ4v) is 2.97. The number of rotatable bonds is 8. The Morgan fingerprint density at radius 2 is 1.81 bits per heavy atom. The summed E-state index contributed by atoms with van der Waals surface area (Å²) in [6.45, 7) is 0.327. The average Bonchev–Trinajstić information content (AvgIpc) is 2.73. The summed E-state index contributed by atoms with van der Waals surface area (Å²) in [5, 5.41) is 45.6. The van der Waals surface area contributed by atoms with Gasteiger partial charge >= 0.3 is 29.6 Å². The number of aliphatic carboxylic acids is 1. The van der Waals surface area contributed by atoms with Gasteiger partial charge in [-0.25, -0.2) is 0 Å². The van der Waals surface area contributed by atoms with Gasteiger partial charge in [0.05, 0.1) is 25.8 Å². The Balaban J connectivity index is 0.00000480. The van der Waals surface area contributed by atoms with Crippen molar-refractivity contribution in [1.82, 2.24) is 10.6 Å². The minimum absolute atomic E-state index is 0. The zero-order valence-corrected chi connectivity index (χ0v) is 19.3. The van der Waals surface area contributed by atoms with Crippen LogP contribution in [0.5, 0.6) is 5.75 Å². The Morgan fingerprint density at radius 3 is 2.29 bits per heavy atom. The van der Waals surface area contributed by atoms with Gasteiger partial charge in [-0.05, 0) is 30.3 Å². The van der Waals surface area contributed by atoms with Gasteiger partial charge in [-0.3, -0.25) is 9.59 Å². The second-order valence-corrected chi connectivity index (χ2v) is 6.60. The van der Waals surface area contributed by atoms with Gasteiger partial charge in [0.1, 0.15) is 35.8 Å². The molecule has 1 aromatic rings. The first-order valence-corrected chi connectivity index (χ1v) is 8.96. The van der Waals surface area contributed by atoms with Crippen LogP contribution in [0.4, 0.5) is 0 Å². The third kappa shape index (κ3) is 6.92. The number of amides is 2. The fourth-order valence-electron chi connectivity index (χ4n) is 2.97. The van der Waals surface area contributed by atoms with Crippen LogP contribution in [0.2, 0.25) is 0 Å². The number of ether oxygens (including phenoxy) is 2. The third-order valence-corrected chi connectivity index (χ3v) is 4.47. The maximum Gasteiger partial charge on any atom is 1.00 e. The van der Waals surface area contributed by atoms with Crippen molar-refractivity contribution in [3.8, 4) is 5.75 Å². The van der Waals surface area contributed by atoms with Crippen molar-refractivity contribution in [3.05, 3.63) is 41.7 Å². The second kappa shape index (κ2) is 12.0. The molecule has 0 bridgehead atoms. The van der Waals surface area contributed by atoms with E-state index < -0.39 is 60.5 Å². The van der Waals surface area contributed by atoms with Crippen LogP contribution >= 0.6 is 0 Å². The molecule has 0 aliphatic carbocycles. The maximum absolute atomic E-state index is 12.6. The molecule has 1 aliphatic rings. The van der Waals surface area contributed by atoms with E-state index in [1.807, 2.05) is 0 Å². The van der Waals surface area contributed by atoms with E-state index in [9.17, 15) is 29.7 Å². The molecule has 164 valence electrons. The number of methoxy groups -OCH3 is 1. The molecule has 1 aromatic carbocycles. The Hall–Kier alpha value is -2.15. The first kappa shape index (κ1) is 26.9. The number of hydrogen-bond donors (Lipinski definition) is 5. The largest absolute Gasteiger partial charge is 1.00 e. The Labute approximate surface area is 200 Å². The summed E-state index contributed by atoms with van der Waals surface area (Å²) < 4.78 is 10.2. The molecule has 2 amide bonds. The van der Waals surface area contributed by atoms with Crippen molar-refractivity contribution in [1.29, 1.82) is 0 Å². The van der Waals surface area contributed by atoms with E-state index in [0.29, 0.717) is 5.75 Å². The Bertz CT molecular complexity index is 815. The zero-order chi connectivity index (χ0) is 22.4. The van der Waals surface area contributed by atoms with Crippen molar-refractivity contribution in [2.24, 2.45) is 0 Å². The molecule has 11 nitrogen and oxygen atoms in total. The maximum atomic E-state index is 12.6. The van der Waals surface area contributed by atoms with E-state index in [0.717, 1.165) is 6.08 Å². The van der Waals surface area contributed by atoms with Crippen LogP contribution in [0, 0.1) is 0 Å². The first-order valence-electron chi connectivity index (χ1n) is 8.96. The van der Waals surface area contributed by atoms with Crippen molar-refractivity contribution in [3.63, 3.8) is 0 Å². The Kier molecular flexibility index (Phi) is 10.4. The van der Waals surface area contributed by atoms with Gasteiger partial charge in [0.25, 0.3) is 5.91 Å². The normalized spacial score (nSPS) is 22.0. The van der Waals surface area contributed by atoms with E-state index in [4.69, 9.17) is 14.6 Å². The van der Waals surface area contributed by atoms with Gasteiger partial charge in [0.15, 0.2) is 0 Å². The molecule has 0 fully saturated rings. The molecular formula is C19H23N2NaO9. The number of carboxylic acids is 1. The van der Waals surface area contributed by atoms with Gasteiger partial charge in [0, 0.05) is 12.5 Å². The van der Waals surface area contributed by atoms with E-state index in [1.54, 1.807) is 12.1 Å². The van der Waals surface area contributed by atoms with Crippen LogP contribution in [-0.4, -0.2) is 77.2 Å². The Morgan fingerprint density at radius 1 is 1.19 bits per heavy atom. The molecule has 12 heteroatoms. The summed E-state index contributed by atoms with van der Waals surface area (Å²) in [5.41, 5.74) is 0.222. The predicted molar refractivity (Wildman–Crippen MR) is 98.9 cm³/mol. The number of nitrogens with one attached hydrogen (secondary N) is 2. The summed E-state index contributed by atoms with van der Waals surface area (Å²) in [6.07, 6.45) is -3.96. The number of carbonyl (C=O) groups is 3. The zero-order valence-electron chi connectivity index (χ0n) is 17.3. The number of carboxylic acid groups (broad SMARTS) is 1. The SMILES string of the molecule is COc1ccc(C(=O)N[C@H]2C=C(C(=O)[O-])O[C@@H]([C@H](O)[C@H](O)CO)[C@@H]2NC(C)=O)cc1.[Na+]. The molecular weight excluding hydrogens is 423 g/mol. The summed E-state index contributed by atoms with van der Waals surface area (Å²) in [5.74, 6) is -3.08. The van der Waals surface area contributed by atoms with Crippen LogP contribution in [0.1, 0.15) is 17.3 Å². The van der Waals surface area contributed by atoms with Crippen molar-refractivity contribution < 1.29 is 73.8 Å². The summed E-state index contributed by atoms with van der Waals surface area (Å²) in [4.78, 5) is 35.7. The number of benzene rings is 1. The summed E-state index contributed by atoms with van der Waals surface area (Å²) in [6, 6.07) is 3.76. The standard InChI is InChI=1S/C19H24N2O9.Na/c1-9(23)20-15-12(21-18(26)10-3-5-11(29-2)6-4-10)7-14(19(27)28)30-17(15)16(25)13(24)8-22;/h3-7,12-13,15-17,22,24-25H,8H2,1-2H3,(H,20,23)(H,21,26)(H,27,28);/q;+1/p-1/t12-,13+,15+,16+,17+;/m0./s1. The number of carbonyl (C=O) groups excluding carboxylic acids is 3. The van der Waals surface area contributed by atoms with Crippen molar-refractivity contribution in [2.75, 3.05) is 13.7 Å². The molecule has 0 saturated carbocycles. The summed E-state index contributed by atoms with van der Waals surface area (Å²) in [7, 11) is 1.47. The van der Waals surface area contributed by atoms with Crippen molar-refractivity contribution >= 4 is 17.8 Å². The number of aliphatic hydroxyl groups is 3. The van der Waals surface area contributed by atoms with E-state index in [2.05, 4.69) is 10.6 Å². The molecule has 1 aliphatic heterocycles. The number of aliphatic hydroxyl groups excluding tert-OH is 3. The number of hydrogen-bond acceptors (Lipinski definition) is 9. The molecule has 0 spiro atoms. The van der Waals surface area contributed by atoms with Gasteiger partial charge in [-0.2, -0.15) is 0 Å². The van der Waals surface area contributed by atoms with Crippen LogP contribution in [0.3, 0.4) is 0 Å². The average molecular weight is 446 g/mol. The summed E-state index contributed by atoms with van der Waals surface area (Å²) >= 11 is 0. The first-order chi connectivity index (χ1) is 14.2.